The van der Waals surface area contributed by atoms with Gasteiger partial charge >= 0.3 is 0 Å². The molecular weight excluding hydrogens is 513 g/mol. The van der Waals surface area contributed by atoms with E-state index in [4.69, 9.17) is 4.74 Å². The highest BCUT2D eigenvalue weighted by Gasteiger charge is 2.34. The summed E-state index contributed by atoms with van der Waals surface area (Å²) in [6.45, 7) is 14.1. The quantitative estimate of drug-likeness (QED) is 0.198. The number of aliphatic imine (C=N–C) groups is 1. The molecule has 2 aliphatic rings. The minimum absolute atomic E-state index is 0. The predicted octanol–water partition coefficient (Wildman–Crippen LogP) is 3.71. The van der Waals surface area contributed by atoms with Crippen LogP contribution in [0.2, 0.25) is 0 Å². The highest BCUT2D eigenvalue weighted by atomic mass is 127. The van der Waals surface area contributed by atoms with Gasteiger partial charge in [0.15, 0.2) is 5.96 Å². The van der Waals surface area contributed by atoms with Gasteiger partial charge in [0.2, 0.25) is 0 Å². The minimum atomic E-state index is -0.00399. The molecule has 6 nitrogen and oxygen atoms in total. The van der Waals surface area contributed by atoms with Crippen molar-refractivity contribution in [1.29, 1.82) is 0 Å². The summed E-state index contributed by atoms with van der Waals surface area (Å²) in [7, 11) is 1.86. The normalized spacial score (nSPS) is 20.8. The molecule has 1 aromatic rings. The van der Waals surface area contributed by atoms with Gasteiger partial charge in [0.1, 0.15) is 0 Å². The van der Waals surface area contributed by atoms with E-state index in [-0.39, 0.29) is 35.6 Å². The third-order valence-corrected chi connectivity index (χ3v) is 6.51. The number of halogens is 1. The number of guanidine groups is 1. The first-order valence-corrected chi connectivity index (χ1v) is 11.7. The first-order valence-electron chi connectivity index (χ1n) is 11.7. The van der Waals surface area contributed by atoms with Gasteiger partial charge in [-0.05, 0) is 45.1 Å². The summed E-state index contributed by atoms with van der Waals surface area (Å²) >= 11 is 0. The maximum atomic E-state index is 5.68. The van der Waals surface area contributed by atoms with Crippen LogP contribution in [-0.4, -0.2) is 68.9 Å². The summed E-state index contributed by atoms with van der Waals surface area (Å²) in [6, 6.07) is 11.4. The van der Waals surface area contributed by atoms with E-state index in [9.17, 15) is 0 Å². The molecular formula is C25H42IN5O. The van der Waals surface area contributed by atoms with E-state index in [1.807, 2.05) is 7.05 Å². The van der Waals surface area contributed by atoms with Gasteiger partial charge in [-0.15, -0.1) is 24.0 Å². The predicted molar refractivity (Wildman–Crippen MR) is 145 cm³/mol. The first kappa shape index (κ1) is 27.1. The van der Waals surface area contributed by atoms with Gasteiger partial charge in [-0.1, -0.05) is 42.5 Å². The summed E-state index contributed by atoms with van der Waals surface area (Å²) < 4.78 is 5.68. The Balaban J connectivity index is 0.00000363. The Morgan fingerprint density at radius 1 is 1.22 bits per heavy atom. The number of benzene rings is 1. The molecule has 2 saturated heterocycles. The molecule has 1 aromatic carbocycles. The number of likely N-dealkylation sites (tertiary alicyclic amines) is 1. The molecule has 2 aliphatic heterocycles. The zero-order chi connectivity index (χ0) is 22.1. The molecule has 2 fully saturated rings. The van der Waals surface area contributed by atoms with Crippen molar-refractivity contribution >= 4 is 29.9 Å². The number of rotatable bonds is 8. The molecule has 3 N–H and O–H groups in total. The van der Waals surface area contributed by atoms with Crippen LogP contribution in [0.15, 0.2) is 47.5 Å². The van der Waals surface area contributed by atoms with Crippen molar-refractivity contribution in [1.82, 2.24) is 20.9 Å². The van der Waals surface area contributed by atoms with Crippen LogP contribution in [0.5, 0.6) is 0 Å². The molecule has 2 heterocycles. The molecule has 3 rings (SSSR count). The van der Waals surface area contributed by atoms with Crippen molar-refractivity contribution in [3.05, 3.63) is 48.0 Å². The summed E-state index contributed by atoms with van der Waals surface area (Å²) in [6.07, 6.45) is 4.26. The molecule has 0 bridgehead atoms. The molecule has 7 heteroatoms. The molecule has 32 heavy (non-hydrogen) atoms. The number of ether oxygens (including phenoxy) is 1. The second-order valence-electron chi connectivity index (χ2n) is 9.25. The monoisotopic (exact) mass is 555 g/mol. The molecule has 0 spiro atoms. The van der Waals surface area contributed by atoms with E-state index >= 15 is 0 Å². The highest BCUT2D eigenvalue weighted by Crippen LogP contribution is 2.25. The zero-order valence-electron chi connectivity index (χ0n) is 20.0. The minimum Gasteiger partial charge on any atom is -0.381 e. The van der Waals surface area contributed by atoms with Gasteiger partial charge in [-0.2, -0.15) is 0 Å². The van der Waals surface area contributed by atoms with Crippen LogP contribution in [0.1, 0.15) is 51.1 Å². The van der Waals surface area contributed by atoms with Crippen LogP contribution in [-0.2, 0) is 4.74 Å². The fourth-order valence-corrected chi connectivity index (χ4v) is 4.68. The van der Waals surface area contributed by atoms with Crippen molar-refractivity contribution in [3.8, 4) is 0 Å². The van der Waals surface area contributed by atoms with Crippen LogP contribution in [0.3, 0.4) is 0 Å². The third-order valence-electron chi connectivity index (χ3n) is 6.51. The number of piperidine rings is 1. The van der Waals surface area contributed by atoms with Crippen molar-refractivity contribution in [2.75, 3.05) is 46.4 Å². The van der Waals surface area contributed by atoms with Crippen LogP contribution < -0.4 is 16.0 Å². The van der Waals surface area contributed by atoms with Crippen LogP contribution in [0, 0.1) is 0 Å². The van der Waals surface area contributed by atoms with Crippen LogP contribution in [0.4, 0.5) is 0 Å². The van der Waals surface area contributed by atoms with Crippen molar-refractivity contribution in [3.63, 3.8) is 0 Å². The topological polar surface area (TPSA) is 60.9 Å². The fourth-order valence-electron chi connectivity index (χ4n) is 4.68. The number of nitrogens with zero attached hydrogens (tertiary/aromatic N) is 2. The van der Waals surface area contributed by atoms with E-state index in [2.05, 4.69) is 76.6 Å². The molecule has 1 atom stereocenters. The van der Waals surface area contributed by atoms with Crippen LogP contribution in [0.25, 0.3) is 0 Å². The average Bonchev–Trinajstić information content (AvgIpc) is 2.78. The summed E-state index contributed by atoms with van der Waals surface area (Å²) in [5, 5.41) is 11.2. The van der Waals surface area contributed by atoms with Gasteiger partial charge in [0.25, 0.3) is 0 Å². The maximum Gasteiger partial charge on any atom is 0.191 e. The third kappa shape index (κ3) is 8.32. The van der Waals surface area contributed by atoms with Gasteiger partial charge in [0, 0.05) is 64.1 Å². The van der Waals surface area contributed by atoms with Crippen LogP contribution >= 0.6 is 24.0 Å². The lowest BCUT2D eigenvalue weighted by Gasteiger charge is -2.41. The Labute approximate surface area is 211 Å². The Hall–Kier alpha value is -1.16. The number of nitrogens with one attached hydrogen (secondary N) is 3. The maximum absolute atomic E-state index is 5.68. The largest absolute Gasteiger partial charge is 0.381 e. The average molecular weight is 556 g/mol. The summed E-state index contributed by atoms with van der Waals surface area (Å²) in [5.41, 5.74) is 2.55. The molecule has 0 aromatic heterocycles. The molecule has 0 radical (unpaired) electrons. The standard InChI is InChI=1S/C25H41N5O.HI/c1-20(2)18-30-14-10-23(11-15-30)28-24(26-4)27-19-25(12-16-31-17-13-25)29-21(3)22-8-6-5-7-9-22;/h5-9,21,23,29H,1,10-19H2,2-4H3,(H2,26,27,28);1H. The van der Waals surface area contributed by atoms with Gasteiger partial charge in [-0.25, -0.2) is 0 Å². The van der Waals surface area contributed by atoms with E-state index in [1.165, 1.54) is 11.1 Å². The van der Waals surface area contributed by atoms with Gasteiger partial charge < -0.3 is 20.7 Å². The van der Waals surface area contributed by atoms with E-state index in [1.54, 1.807) is 0 Å². The van der Waals surface area contributed by atoms with Gasteiger partial charge in [-0.3, -0.25) is 9.89 Å². The van der Waals surface area contributed by atoms with Crippen molar-refractivity contribution in [2.45, 2.75) is 57.2 Å². The smallest absolute Gasteiger partial charge is 0.191 e. The van der Waals surface area contributed by atoms with E-state index in [0.717, 1.165) is 71.0 Å². The summed E-state index contributed by atoms with van der Waals surface area (Å²) in [5.74, 6) is 0.901. The lowest BCUT2D eigenvalue weighted by Crippen LogP contribution is -2.59. The Bertz CT molecular complexity index is 712. The number of hydrogen-bond acceptors (Lipinski definition) is 4. The zero-order valence-corrected chi connectivity index (χ0v) is 22.4. The van der Waals surface area contributed by atoms with Crippen molar-refractivity contribution < 1.29 is 4.74 Å². The molecule has 180 valence electrons. The van der Waals surface area contributed by atoms with E-state index < -0.39 is 0 Å². The van der Waals surface area contributed by atoms with E-state index in [0.29, 0.717) is 6.04 Å². The molecule has 1 unspecified atom stereocenters. The highest BCUT2D eigenvalue weighted by molar-refractivity contribution is 14.0. The SMILES string of the molecule is C=C(C)CN1CCC(NC(=NC)NCC2(NC(C)c3ccccc3)CCOCC2)CC1.I. The second kappa shape index (κ2) is 13.5. The molecule has 0 saturated carbocycles. The Morgan fingerprint density at radius 2 is 1.88 bits per heavy atom. The lowest BCUT2D eigenvalue weighted by atomic mass is 9.88. The summed E-state index contributed by atoms with van der Waals surface area (Å²) in [4.78, 5) is 7.00. The van der Waals surface area contributed by atoms with Gasteiger partial charge in [0.05, 0.1) is 0 Å². The second-order valence-corrected chi connectivity index (χ2v) is 9.25. The lowest BCUT2D eigenvalue weighted by molar-refractivity contribution is 0.0354. The fraction of sp³-hybridized carbons (Fsp3) is 0.640. The number of hydrogen-bond donors (Lipinski definition) is 3. The molecule has 0 aliphatic carbocycles. The first-order chi connectivity index (χ1) is 15.0. The molecule has 0 amide bonds. The van der Waals surface area contributed by atoms with Crippen molar-refractivity contribution in [2.24, 2.45) is 4.99 Å². The Morgan fingerprint density at radius 3 is 2.47 bits per heavy atom. The Kier molecular flexibility index (Phi) is 11.4.